The molecule has 0 saturated carbocycles. The largest absolute Gasteiger partial charge is 0.354 e. The Hall–Kier alpha value is -4.18. The second kappa shape index (κ2) is 14.8. The number of nitrogens with zero attached hydrogens (tertiary/aromatic N) is 1. The van der Waals surface area contributed by atoms with Crippen molar-refractivity contribution >= 4 is 11.8 Å². The molecule has 1 atom stereocenters. The molecule has 0 radical (unpaired) electrons. The summed E-state index contributed by atoms with van der Waals surface area (Å²) in [5, 5.41) is 3.12. The number of rotatable bonds is 13. The van der Waals surface area contributed by atoms with Crippen molar-refractivity contribution in [1.29, 1.82) is 0 Å². The molecule has 1 N–H and O–H groups in total. The van der Waals surface area contributed by atoms with Crippen LogP contribution in [0.1, 0.15) is 59.9 Å². The van der Waals surface area contributed by atoms with Gasteiger partial charge in [-0.1, -0.05) is 129 Å². The van der Waals surface area contributed by atoms with E-state index in [4.69, 9.17) is 0 Å². The summed E-state index contributed by atoms with van der Waals surface area (Å²) in [6.07, 6.45) is 2.62. The monoisotopic (exact) mass is 532 g/mol. The van der Waals surface area contributed by atoms with Gasteiger partial charge in [0, 0.05) is 31.8 Å². The highest BCUT2D eigenvalue weighted by Crippen LogP contribution is 2.30. The molecule has 4 aromatic carbocycles. The summed E-state index contributed by atoms with van der Waals surface area (Å²) >= 11 is 0. The zero-order valence-corrected chi connectivity index (χ0v) is 23.6. The van der Waals surface area contributed by atoms with E-state index in [0.717, 1.165) is 40.7 Å². The molecule has 4 rings (SSSR count). The van der Waals surface area contributed by atoms with Crippen LogP contribution < -0.4 is 5.32 Å². The minimum absolute atomic E-state index is 0.0347. The molecule has 0 aliphatic carbocycles. The molecule has 0 heterocycles. The van der Waals surface area contributed by atoms with Crippen LogP contribution in [0.3, 0.4) is 0 Å². The molecular formula is C36H40N2O2. The van der Waals surface area contributed by atoms with Crippen LogP contribution in [-0.2, 0) is 22.6 Å². The van der Waals surface area contributed by atoms with E-state index in [2.05, 4.69) is 55.6 Å². The topological polar surface area (TPSA) is 49.4 Å². The lowest BCUT2D eigenvalue weighted by Gasteiger charge is -2.33. The van der Waals surface area contributed by atoms with E-state index >= 15 is 0 Å². The smallest absolute Gasteiger partial charge is 0.243 e. The number of unbranched alkanes of at least 4 members (excludes halogenated alkanes) is 1. The molecule has 0 spiro atoms. The second-order valence-corrected chi connectivity index (χ2v) is 10.4. The molecule has 0 bridgehead atoms. The highest BCUT2D eigenvalue weighted by Gasteiger charge is 2.32. The molecule has 4 heteroatoms. The van der Waals surface area contributed by atoms with Crippen molar-refractivity contribution in [1.82, 2.24) is 10.2 Å². The Kier molecular flexibility index (Phi) is 10.7. The van der Waals surface area contributed by atoms with Crippen molar-refractivity contribution < 1.29 is 9.59 Å². The molecule has 0 saturated heterocycles. The minimum atomic E-state index is -0.626. The van der Waals surface area contributed by atoms with E-state index in [0.29, 0.717) is 19.5 Å². The highest BCUT2D eigenvalue weighted by atomic mass is 16.2. The summed E-state index contributed by atoms with van der Waals surface area (Å²) in [7, 11) is 0. The Bertz CT molecular complexity index is 1300. The second-order valence-electron chi connectivity index (χ2n) is 10.4. The summed E-state index contributed by atoms with van der Waals surface area (Å²) in [6, 6.07) is 37.8. The molecule has 206 valence electrons. The predicted octanol–water partition coefficient (Wildman–Crippen LogP) is 7.07. The average molecular weight is 533 g/mol. The number of hydrogen-bond donors (Lipinski definition) is 1. The van der Waals surface area contributed by atoms with E-state index < -0.39 is 6.04 Å². The molecule has 4 nitrogen and oxygen atoms in total. The molecule has 0 aliphatic rings. The van der Waals surface area contributed by atoms with Crippen LogP contribution in [0, 0.1) is 6.92 Å². The Balaban J connectivity index is 1.72. The number of aryl methyl sites for hydroxylation is 1. The van der Waals surface area contributed by atoms with Gasteiger partial charge in [0.25, 0.3) is 0 Å². The van der Waals surface area contributed by atoms with Gasteiger partial charge >= 0.3 is 0 Å². The maximum atomic E-state index is 14.4. The van der Waals surface area contributed by atoms with Crippen molar-refractivity contribution in [2.24, 2.45) is 0 Å². The summed E-state index contributed by atoms with van der Waals surface area (Å²) in [6.45, 7) is 5.14. The number of benzene rings is 4. The molecule has 0 aromatic heterocycles. The lowest BCUT2D eigenvalue weighted by molar-refractivity contribution is -0.141. The Morgan fingerprint density at radius 1 is 0.750 bits per heavy atom. The minimum Gasteiger partial charge on any atom is -0.354 e. The van der Waals surface area contributed by atoms with E-state index in [9.17, 15) is 9.59 Å². The fraction of sp³-hybridized carbons (Fsp3) is 0.278. The van der Waals surface area contributed by atoms with Crippen molar-refractivity contribution in [2.45, 2.75) is 58.0 Å². The van der Waals surface area contributed by atoms with Crippen LogP contribution >= 0.6 is 0 Å². The molecule has 2 amide bonds. The average Bonchev–Trinajstić information content (AvgIpc) is 3.00. The van der Waals surface area contributed by atoms with Crippen molar-refractivity contribution in [3.05, 3.63) is 143 Å². The Morgan fingerprint density at radius 2 is 1.30 bits per heavy atom. The third kappa shape index (κ3) is 7.92. The normalized spacial score (nSPS) is 11.7. The van der Waals surface area contributed by atoms with E-state index in [1.165, 1.54) is 0 Å². The lowest BCUT2D eigenvalue weighted by Crippen LogP contribution is -2.51. The van der Waals surface area contributed by atoms with Gasteiger partial charge in [0.1, 0.15) is 6.04 Å². The van der Waals surface area contributed by atoms with Crippen LogP contribution in [-0.4, -0.2) is 29.3 Å². The first kappa shape index (κ1) is 28.8. The van der Waals surface area contributed by atoms with Gasteiger partial charge in [-0.25, -0.2) is 0 Å². The molecular weight excluding hydrogens is 492 g/mol. The third-order valence-electron chi connectivity index (χ3n) is 7.49. The molecule has 0 fully saturated rings. The number of amides is 2. The van der Waals surface area contributed by atoms with Crippen LogP contribution in [0.5, 0.6) is 0 Å². The summed E-state index contributed by atoms with van der Waals surface area (Å²) < 4.78 is 0. The quantitative estimate of drug-likeness (QED) is 0.187. The van der Waals surface area contributed by atoms with Crippen LogP contribution in [0.2, 0.25) is 0 Å². The van der Waals surface area contributed by atoms with Crippen molar-refractivity contribution in [2.75, 3.05) is 6.54 Å². The zero-order valence-electron chi connectivity index (χ0n) is 23.6. The molecule has 4 aromatic rings. The molecule has 0 aliphatic heterocycles. The molecule has 0 unspecified atom stereocenters. The fourth-order valence-corrected chi connectivity index (χ4v) is 5.12. The summed E-state index contributed by atoms with van der Waals surface area (Å²) in [5.41, 5.74) is 5.36. The maximum Gasteiger partial charge on any atom is 0.243 e. The van der Waals surface area contributed by atoms with E-state index in [1.807, 2.05) is 83.8 Å². The van der Waals surface area contributed by atoms with Crippen molar-refractivity contribution in [3.63, 3.8) is 0 Å². The standard InChI is InChI=1S/C36H40N2O2/c1-3-4-24-37-36(40)34(25-29-17-8-5-9-18-29)38(27-32-23-15-14-16-28(32)2)35(39)26-33(30-19-10-6-11-20-30)31-21-12-7-13-22-31/h5-23,33-34H,3-4,24-27H2,1-2H3,(H,37,40)/t34-/m0/s1. The first-order valence-electron chi connectivity index (χ1n) is 14.3. The van der Waals surface area contributed by atoms with Gasteiger partial charge in [-0.05, 0) is 41.2 Å². The van der Waals surface area contributed by atoms with E-state index in [1.54, 1.807) is 0 Å². The molecule has 40 heavy (non-hydrogen) atoms. The van der Waals surface area contributed by atoms with E-state index in [-0.39, 0.29) is 24.2 Å². The summed E-state index contributed by atoms with van der Waals surface area (Å²) in [5.74, 6) is -0.252. The van der Waals surface area contributed by atoms with Gasteiger partial charge in [0.05, 0.1) is 0 Å². The number of carbonyl (C=O) groups is 2. The Morgan fingerprint density at radius 3 is 1.88 bits per heavy atom. The van der Waals surface area contributed by atoms with Gasteiger partial charge in [-0.3, -0.25) is 9.59 Å². The fourth-order valence-electron chi connectivity index (χ4n) is 5.12. The first-order valence-corrected chi connectivity index (χ1v) is 14.3. The van der Waals surface area contributed by atoms with Gasteiger partial charge in [0.15, 0.2) is 0 Å². The van der Waals surface area contributed by atoms with Crippen LogP contribution in [0.25, 0.3) is 0 Å². The Labute approximate surface area is 239 Å². The van der Waals surface area contributed by atoms with Crippen LogP contribution in [0.15, 0.2) is 115 Å². The number of hydrogen-bond acceptors (Lipinski definition) is 2. The van der Waals surface area contributed by atoms with Crippen LogP contribution in [0.4, 0.5) is 0 Å². The maximum absolute atomic E-state index is 14.4. The number of nitrogens with one attached hydrogen (secondary N) is 1. The van der Waals surface area contributed by atoms with Gasteiger partial charge in [0.2, 0.25) is 11.8 Å². The zero-order chi connectivity index (χ0) is 28.2. The predicted molar refractivity (Wildman–Crippen MR) is 163 cm³/mol. The van der Waals surface area contributed by atoms with Gasteiger partial charge in [-0.2, -0.15) is 0 Å². The van der Waals surface area contributed by atoms with Gasteiger partial charge < -0.3 is 10.2 Å². The lowest BCUT2D eigenvalue weighted by atomic mass is 9.87. The SMILES string of the molecule is CCCCNC(=O)[C@H](Cc1ccccc1)N(Cc1ccccc1C)C(=O)CC(c1ccccc1)c1ccccc1. The third-order valence-corrected chi connectivity index (χ3v) is 7.49. The first-order chi connectivity index (χ1) is 19.6. The van der Waals surface area contributed by atoms with Crippen molar-refractivity contribution in [3.8, 4) is 0 Å². The number of carbonyl (C=O) groups excluding carboxylic acids is 2. The summed E-state index contributed by atoms with van der Waals surface area (Å²) in [4.78, 5) is 30.0. The highest BCUT2D eigenvalue weighted by molar-refractivity contribution is 5.88. The van der Waals surface area contributed by atoms with Gasteiger partial charge in [-0.15, -0.1) is 0 Å².